The van der Waals surface area contributed by atoms with Crippen molar-refractivity contribution >= 4 is 0 Å². The monoisotopic (exact) mass is 157 g/mol. The Morgan fingerprint density at radius 1 is 1.55 bits per heavy atom. The van der Waals surface area contributed by atoms with E-state index in [1.165, 1.54) is 12.8 Å². The smallest absolute Gasteiger partial charge is 0.0547 e. The SMILES string of the molecule is CCCC1(C(C)CN)COC1. The molecule has 1 saturated heterocycles. The summed E-state index contributed by atoms with van der Waals surface area (Å²) >= 11 is 0. The van der Waals surface area contributed by atoms with Crippen LogP contribution in [-0.2, 0) is 4.74 Å². The minimum Gasteiger partial charge on any atom is -0.380 e. The first-order valence-corrected chi connectivity index (χ1v) is 4.53. The maximum atomic E-state index is 5.64. The minimum atomic E-state index is 0.434. The number of rotatable bonds is 4. The molecule has 1 fully saturated rings. The lowest BCUT2D eigenvalue weighted by Crippen LogP contribution is -2.49. The van der Waals surface area contributed by atoms with Crippen LogP contribution >= 0.6 is 0 Å². The number of ether oxygens (including phenoxy) is 1. The molecule has 0 aliphatic carbocycles. The molecule has 11 heavy (non-hydrogen) atoms. The Morgan fingerprint density at radius 3 is 2.45 bits per heavy atom. The summed E-state index contributed by atoms with van der Waals surface area (Å²) in [6.07, 6.45) is 2.51. The Hall–Kier alpha value is -0.0800. The van der Waals surface area contributed by atoms with Crippen LogP contribution in [0.15, 0.2) is 0 Å². The van der Waals surface area contributed by atoms with Crippen molar-refractivity contribution in [2.45, 2.75) is 26.7 Å². The molecule has 0 bridgehead atoms. The van der Waals surface area contributed by atoms with E-state index in [9.17, 15) is 0 Å². The molecule has 0 spiro atoms. The first-order valence-electron chi connectivity index (χ1n) is 4.53. The zero-order valence-electron chi connectivity index (χ0n) is 7.60. The molecule has 0 aromatic rings. The third-order valence-electron chi connectivity index (χ3n) is 2.93. The van der Waals surface area contributed by atoms with E-state index in [1.807, 2.05) is 0 Å². The fraction of sp³-hybridized carbons (Fsp3) is 1.00. The second-order valence-corrected chi connectivity index (χ2v) is 3.74. The normalized spacial score (nSPS) is 24.3. The highest BCUT2D eigenvalue weighted by molar-refractivity contribution is 4.89. The molecule has 1 heterocycles. The van der Waals surface area contributed by atoms with E-state index in [0.29, 0.717) is 11.3 Å². The molecule has 0 radical (unpaired) electrons. The van der Waals surface area contributed by atoms with Gasteiger partial charge in [-0.1, -0.05) is 20.3 Å². The van der Waals surface area contributed by atoms with Crippen LogP contribution in [0.4, 0.5) is 0 Å². The summed E-state index contributed by atoms with van der Waals surface area (Å²) in [4.78, 5) is 0. The number of hydrogen-bond acceptors (Lipinski definition) is 2. The van der Waals surface area contributed by atoms with Crippen molar-refractivity contribution in [2.75, 3.05) is 19.8 Å². The molecule has 1 unspecified atom stereocenters. The lowest BCUT2D eigenvalue weighted by atomic mass is 9.71. The van der Waals surface area contributed by atoms with Crippen LogP contribution in [0.25, 0.3) is 0 Å². The Bertz CT molecular complexity index is 121. The van der Waals surface area contributed by atoms with Crippen LogP contribution in [-0.4, -0.2) is 19.8 Å². The fourth-order valence-electron chi connectivity index (χ4n) is 1.79. The lowest BCUT2D eigenvalue weighted by Gasteiger charge is -2.45. The van der Waals surface area contributed by atoms with E-state index >= 15 is 0 Å². The highest BCUT2D eigenvalue weighted by Crippen LogP contribution is 2.39. The van der Waals surface area contributed by atoms with E-state index in [4.69, 9.17) is 10.5 Å². The third kappa shape index (κ3) is 1.57. The van der Waals surface area contributed by atoms with Gasteiger partial charge >= 0.3 is 0 Å². The van der Waals surface area contributed by atoms with Crippen molar-refractivity contribution in [1.82, 2.24) is 0 Å². The molecule has 66 valence electrons. The largest absolute Gasteiger partial charge is 0.380 e. The molecular weight excluding hydrogens is 138 g/mol. The molecule has 2 heteroatoms. The van der Waals surface area contributed by atoms with Crippen molar-refractivity contribution in [2.24, 2.45) is 17.1 Å². The second-order valence-electron chi connectivity index (χ2n) is 3.74. The first-order chi connectivity index (χ1) is 5.25. The second kappa shape index (κ2) is 3.55. The molecule has 0 aromatic heterocycles. The van der Waals surface area contributed by atoms with Crippen LogP contribution in [0.5, 0.6) is 0 Å². The summed E-state index contributed by atoms with van der Waals surface area (Å²) in [5.74, 6) is 0.621. The van der Waals surface area contributed by atoms with Gasteiger partial charge in [-0.05, 0) is 18.9 Å². The van der Waals surface area contributed by atoms with E-state index in [0.717, 1.165) is 19.8 Å². The fourth-order valence-corrected chi connectivity index (χ4v) is 1.79. The summed E-state index contributed by atoms with van der Waals surface area (Å²) in [5.41, 5.74) is 6.08. The highest BCUT2D eigenvalue weighted by Gasteiger charge is 2.41. The molecule has 1 atom stereocenters. The van der Waals surface area contributed by atoms with Crippen molar-refractivity contribution in [3.8, 4) is 0 Å². The van der Waals surface area contributed by atoms with Crippen molar-refractivity contribution < 1.29 is 4.74 Å². The van der Waals surface area contributed by atoms with Gasteiger partial charge in [0.1, 0.15) is 0 Å². The molecule has 0 amide bonds. The topological polar surface area (TPSA) is 35.2 Å². The summed E-state index contributed by atoms with van der Waals surface area (Å²) < 4.78 is 5.26. The zero-order valence-corrected chi connectivity index (χ0v) is 7.60. The Balaban J connectivity index is 2.45. The summed E-state index contributed by atoms with van der Waals surface area (Å²) in [7, 11) is 0. The number of hydrogen-bond donors (Lipinski definition) is 1. The molecular formula is C9H19NO. The van der Waals surface area contributed by atoms with Crippen LogP contribution in [0.3, 0.4) is 0 Å². The summed E-state index contributed by atoms with van der Waals surface area (Å²) in [6.45, 7) is 7.11. The van der Waals surface area contributed by atoms with Gasteiger partial charge in [0.05, 0.1) is 13.2 Å². The lowest BCUT2D eigenvalue weighted by molar-refractivity contribution is -0.145. The van der Waals surface area contributed by atoms with Crippen LogP contribution in [0.2, 0.25) is 0 Å². The third-order valence-corrected chi connectivity index (χ3v) is 2.93. The van der Waals surface area contributed by atoms with Crippen LogP contribution in [0, 0.1) is 11.3 Å². The average molecular weight is 157 g/mol. The van der Waals surface area contributed by atoms with E-state index in [2.05, 4.69) is 13.8 Å². The molecule has 1 aliphatic rings. The van der Waals surface area contributed by atoms with Gasteiger partial charge in [0.25, 0.3) is 0 Å². The van der Waals surface area contributed by atoms with Gasteiger partial charge in [0, 0.05) is 5.41 Å². The molecule has 1 rings (SSSR count). The van der Waals surface area contributed by atoms with E-state index in [1.54, 1.807) is 0 Å². The minimum absolute atomic E-state index is 0.434. The molecule has 2 N–H and O–H groups in total. The standard InChI is InChI=1S/C9H19NO/c1-3-4-9(6-11-7-9)8(2)5-10/h8H,3-7,10H2,1-2H3. The van der Waals surface area contributed by atoms with Gasteiger partial charge < -0.3 is 10.5 Å². The van der Waals surface area contributed by atoms with Gasteiger partial charge in [-0.15, -0.1) is 0 Å². The van der Waals surface area contributed by atoms with Crippen LogP contribution in [0.1, 0.15) is 26.7 Å². The van der Waals surface area contributed by atoms with Gasteiger partial charge in [0.2, 0.25) is 0 Å². The zero-order chi connectivity index (χ0) is 8.32. The van der Waals surface area contributed by atoms with Crippen molar-refractivity contribution in [3.63, 3.8) is 0 Å². The van der Waals surface area contributed by atoms with E-state index < -0.39 is 0 Å². The van der Waals surface area contributed by atoms with Gasteiger partial charge in [-0.2, -0.15) is 0 Å². The molecule has 1 aliphatic heterocycles. The van der Waals surface area contributed by atoms with Gasteiger partial charge in [-0.3, -0.25) is 0 Å². The quantitative estimate of drug-likeness (QED) is 0.669. The predicted octanol–water partition coefficient (Wildman–Crippen LogP) is 1.40. The highest BCUT2D eigenvalue weighted by atomic mass is 16.5. The van der Waals surface area contributed by atoms with Crippen molar-refractivity contribution in [3.05, 3.63) is 0 Å². The summed E-state index contributed by atoms with van der Waals surface area (Å²) in [6, 6.07) is 0. The Morgan fingerprint density at radius 2 is 2.18 bits per heavy atom. The Labute approximate surface area is 69.1 Å². The van der Waals surface area contributed by atoms with Gasteiger partial charge in [0.15, 0.2) is 0 Å². The number of nitrogens with two attached hydrogens (primary N) is 1. The molecule has 0 aromatic carbocycles. The summed E-state index contributed by atoms with van der Waals surface area (Å²) in [5, 5.41) is 0. The molecule has 0 saturated carbocycles. The first kappa shape index (κ1) is 9.01. The Kier molecular flexibility index (Phi) is 2.90. The predicted molar refractivity (Wildman–Crippen MR) is 46.4 cm³/mol. The molecule has 2 nitrogen and oxygen atoms in total. The average Bonchev–Trinajstić information content (AvgIpc) is 1.95. The van der Waals surface area contributed by atoms with Crippen LogP contribution < -0.4 is 5.73 Å². The van der Waals surface area contributed by atoms with Crippen molar-refractivity contribution in [1.29, 1.82) is 0 Å². The van der Waals surface area contributed by atoms with Gasteiger partial charge in [-0.25, -0.2) is 0 Å². The maximum Gasteiger partial charge on any atom is 0.0547 e. The van der Waals surface area contributed by atoms with E-state index in [-0.39, 0.29) is 0 Å². The maximum absolute atomic E-state index is 5.64.